The fraction of sp³-hybridized carbons (Fsp3) is 0.333. The molecule has 0 amide bonds. The molecule has 1 aromatic carbocycles. The Balaban J connectivity index is 0.000000204. The third kappa shape index (κ3) is 9.38. The molecule has 0 spiro atoms. The largest absolute Gasteiger partial charge is 0.504 e. The number of fused-ring (bicyclic) bond motifs is 1. The van der Waals surface area contributed by atoms with E-state index in [-0.39, 0.29) is 5.41 Å². The third-order valence-electron chi connectivity index (χ3n) is 5.69. The number of thiophene rings is 1. The first kappa shape index (κ1) is 28.4. The molecule has 0 aliphatic heterocycles. The summed E-state index contributed by atoms with van der Waals surface area (Å²) in [5.41, 5.74) is 8.06. The predicted molar refractivity (Wildman–Crippen MR) is 159 cm³/mol. The van der Waals surface area contributed by atoms with Crippen LogP contribution in [0.15, 0.2) is 78.6 Å². The number of benzene rings is 1. The smallest absolute Gasteiger partial charge is 0.0810 e. The second kappa shape index (κ2) is 13.3. The van der Waals surface area contributed by atoms with E-state index in [1.807, 2.05) is 25.2 Å². The molecule has 2 heteroatoms. The standard InChI is InChI=1S/C16H18.C12H14S.C5H10O/c1-13-6-4-7-15(12-13)14-8-5-10-16(2,3)11-9-14;1-8-4-6-11-9(2)13-10(3)12(11)7-5-8;1-5(2)4-6-3/h4-12H,1-3H3;4-8H,1-3H3;4H,1-3H3. The molecule has 1 aromatic heterocycles. The van der Waals surface area contributed by atoms with Crippen molar-refractivity contribution >= 4 is 29.1 Å². The number of ether oxygens (including phenoxy) is 1. The van der Waals surface area contributed by atoms with Gasteiger partial charge in [0.25, 0.3) is 0 Å². The summed E-state index contributed by atoms with van der Waals surface area (Å²) in [5.74, 6) is 0.566. The van der Waals surface area contributed by atoms with E-state index >= 15 is 0 Å². The molecule has 186 valence electrons. The van der Waals surface area contributed by atoms with Crippen LogP contribution in [0, 0.1) is 32.1 Å². The van der Waals surface area contributed by atoms with Crippen molar-refractivity contribution in [2.75, 3.05) is 7.11 Å². The van der Waals surface area contributed by atoms with Gasteiger partial charge in [0.1, 0.15) is 0 Å². The van der Waals surface area contributed by atoms with Crippen LogP contribution >= 0.6 is 11.3 Å². The van der Waals surface area contributed by atoms with Gasteiger partial charge in [-0.15, -0.1) is 11.3 Å². The Hall–Kier alpha value is -2.84. The molecule has 1 heterocycles. The van der Waals surface area contributed by atoms with Gasteiger partial charge >= 0.3 is 0 Å². The Labute approximate surface area is 217 Å². The number of rotatable bonds is 2. The maximum Gasteiger partial charge on any atom is 0.0810 e. The quantitative estimate of drug-likeness (QED) is 0.384. The van der Waals surface area contributed by atoms with Crippen LogP contribution in [0.25, 0.3) is 17.7 Å². The molecule has 0 unspecified atom stereocenters. The summed E-state index contributed by atoms with van der Waals surface area (Å²) in [7, 11) is 1.65. The maximum atomic E-state index is 4.64. The summed E-state index contributed by atoms with van der Waals surface area (Å²) < 4.78 is 4.64. The minimum Gasteiger partial charge on any atom is -0.504 e. The summed E-state index contributed by atoms with van der Waals surface area (Å²) in [6.45, 7) is 17.2. The van der Waals surface area contributed by atoms with Gasteiger partial charge in [0.05, 0.1) is 13.4 Å². The van der Waals surface area contributed by atoms with Gasteiger partial charge in [0.15, 0.2) is 0 Å². The first-order chi connectivity index (χ1) is 16.5. The van der Waals surface area contributed by atoms with Crippen molar-refractivity contribution in [3.63, 3.8) is 0 Å². The second-order valence-electron chi connectivity index (χ2n) is 10.1. The van der Waals surface area contributed by atoms with Crippen molar-refractivity contribution in [1.29, 1.82) is 0 Å². The molecule has 0 saturated heterocycles. The van der Waals surface area contributed by atoms with E-state index in [0.717, 1.165) is 0 Å². The lowest BCUT2D eigenvalue weighted by Crippen LogP contribution is -2.00. The third-order valence-corrected chi connectivity index (χ3v) is 6.74. The fourth-order valence-electron chi connectivity index (χ4n) is 3.76. The highest BCUT2D eigenvalue weighted by Crippen LogP contribution is 2.32. The lowest BCUT2D eigenvalue weighted by molar-refractivity contribution is 0.334. The fourth-order valence-corrected chi connectivity index (χ4v) is 4.80. The molecule has 0 saturated carbocycles. The van der Waals surface area contributed by atoms with Gasteiger partial charge in [-0.3, -0.25) is 0 Å². The lowest BCUT2D eigenvalue weighted by atomic mass is 9.93. The monoisotopic (exact) mass is 486 g/mol. The zero-order valence-corrected chi connectivity index (χ0v) is 23.8. The van der Waals surface area contributed by atoms with E-state index in [2.05, 4.69) is 125 Å². The Morgan fingerprint density at radius 2 is 1.57 bits per heavy atom. The zero-order chi connectivity index (χ0) is 26.0. The average molecular weight is 487 g/mol. The van der Waals surface area contributed by atoms with Crippen LogP contribution in [0.5, 0.6) is 0 Å². The highest BCUT2D eigenvalue weighted by atomic mass is 32.1. The molecule has 2 aliphatic rings. The van der Waals surface area contributed by atoms with Crippen LogP contribution in [-0.4, -0.2) is 7.11 Å². The number of allylic oxidation sites excluding steroid dienone is 9. The Morgan fingerprint density at radius 1 is 0.943 bits per heavy atom. The number of aryl methyl sites for hydroxylation is 3. The Morgan fingerprint density at radius 3 is 2.09 bits per heavy atom. The molecule has 0 fully saturated rings. The van der Waals surface area contributed by atoms with Gasteiger partial charge in [-0.25, -0.2) is 0 Å². The van der Waals surface area contributed by atoms with Crippen molar-refractivity contribution < 1.29 is 4.74 Å². The van der Waals surface area contributed by atoms with Gasteiger partial charge in [-0.05, 0) is 68.4 Å². The molecule has 2 aromatic rings. The van der Waals surface area contributed by atoms with Crippen molar-refractivity contribution in [1.82, 2.24) is 0 Å². The summed E-state index contributed by atoms with van der Waals surface area (Å²) in [6, 6.07) is 8.63. The minimum atomic E-state index is 0.155. The summed E-state index contributed by atoms with van der Waals surface area (Å²) in [6.07, 6.45) is 21.8. The average Bonchev–Trinajstić information content (AvgIpc) is 2.93. The summed E-state index contributed by atoms with van der Waals surface area (Å²) >= 11 is 1.89. The van der Waals surface area contributed by atoms with Gasteiger partial charge in [-0.1, -0.05) is 105 Å². The van der Waals surface area contributed by atoms with Crippen LogP contribution in [0.4, 0.5) is 0 Å². The van der Waals surface area contributed by atoms with Crippen LogP contribution in [0.1, 0.15) is 66.6 Å². The van der Waals surface area contributed by atoms with E-state index in [9.17, 15) is 0 Å². The Kier molecular flexibility index (Phi) is 10.8. The summed E-state index contributed by atoms with van der Waals surface area (Å²) in [5, 5.41) is 0. The summed E-state index contributed by atoms with van der Waals surface area (Å²) in [4.78, 5) is 2.87. The molecular formula is C33H42OS. The van der Waals surface area contributed by atoms with Crippen LogP contribution < -0.4 is 0 Å². The van der Waals surface area contributed by atoms with E-state index in [0.29, 0.717) is 5.92 Å². The highest BCUT2D eigenvalue weighted by molar-refractivity contribution is 7.12. The van der Waals surface area contributed by atoms with Crippen molar-refractivity contribution in [2.24, 2.45) is 11.3 Å². The van der Waals surface area contributed by atoms with Gasteiger partial charge in [0.2, 0.25) is 0 Å². The molecule has 35 heavy (non-hydrogen) atoms. The topological polar surface area (TPSA) is 9.23 Å². The molecule has 0 atom stereocenters. The number of methoxy groups -OCH3 is 1. The molecule has 1 nitrogen and oxygen atoms in total. The molecule has 2 aliphatic carbocycles. The van der Waals surface area contributed by atoms with Crippen molar-refractivity contribution in [3.8, 4) is 0 Å². The minimum absolute atomic E-state index is 0.155. The van der Waals surface area contributed by atoms with E-state index in [1.165, 1.54) is 43.2 Å². The first-order valence-corrected chi connectivity index (χ1v) is 13.1. The highest BCUT2D eigenvalue weighted by Gasteiger charge is 2.11. The van der Waals surface area contributed by atoms with Crippen LogP contribution in [-0.2, 0) is 4.74 Å². The zero-order valence-electron chi connectivity index (χ0n) is 23.0. The first-order valence-electron chi connectivity index (χ1n) is 12.3. The van der Waals surface area contributed by atoms with Gasteiger partial charge in [-0.2, -0.15) is 0 Å². The second-order valence-corrected chi connectivity index (χ2v) is 11.5. The molecule has 0 bridgehead atoms. The van der Waals surface area contributed by atoms with Crippen molar-refractivity contribution in [3.05, 3.63) is 111 Å². The van der Waals surface area contributed by atoms with Gasteiger partial charge in [0, 0.05) is 15.2 Å². The van der Waals surface area contributed by atoms with Crippen molar-refractivity contribution in [2.45, 2.75) is 55.4 Å². The van der Waals surface area contributed by atoms with E-state index < -0.39 is 0 Å². The predicted octanol–water partition coefficient (Wildman–Crippen LogP) is 10.1. The normalized spacial score (nSPS) is 15.4. The number of hydrogen-bond acceptors (Lipinski definition) is 2. The molecular weight excluding hydrogens is 444 g/mol. The van der Waals surface area contributed by atoms with E-state index in [4.69, 9.17) is 0 Å². The van der Waals surface area contributed by atoms with Gasteiger partial charge < -0.3 is 4.74 Å². The van der Waals surface area contributed by atoms with Crippen LogP contribution in [0.3, 0.4) is 0 Å². The number of hydrogen-bond donors (Lipinski definition) is 0. The van der Waals surface area contributed by atoms with Crippen LogP contribution in [0.2, 0.25) is 0 Å². The lowest BCUT2D eigenvalue weighted by Gasteiger charge is -2.12. The van der Waals surface area contributed by atoms with E-state index in [1.54, 1.807) is 13.4 Å². The Bertz CT molecular complexity index is 1120. The molecule has 4 rings (SSSR count). The maximum absolute atomic E-state index is 4.64. The molecule has 0 N–H and O–H groups in total. The molecule has 0 radical (unpaired) electrons. The SMILES string of the molecule is COC=C(C)C.Cc1cccc(C2=CC=CC(C)(C)C=C2)c1.Cc1sc(C)c2c1C=CC(C)C=C2.